The first-order valence-corrected chi connectivity index (χ1v) is 6.54. The molecule has 3 N–H and O–H groups in total. The zero-order chi connectivity index (χ0) is 11.8. The molecule has 0 saturated heterocycles. The minimum atomic E-state index is 0.0605. The summed E-state index contributed by atoms with van der Waals surface area (Å²) in [6, 6.07) is 0.0605. The number of aromatic nitrogens is 1. The average molecular weight is 241 g/mol. The predicted molar refractivity (Wildman–Crippen MR) is 66.2 cm³/mol. The highest BCUT2D eigenvalue weighted by Crippen LogP contribution is 2.18. The molecule has 0 aliphatic heterocycles. The van der Waals surface area contributed by atoms with Gasteiger partial charge < -0.3 is 11.1 Å². The van der Waals surface area contributed by atoms with Gasteiger partial charge in [-0.2, -0.15) is 0 Å². The van der Waals surface area contributed by atoms with Crippen LogP contribution >= 0.6 is 11.3 Å². The largest absolute Gasteiger partial charge is 0.347 e. The van der Waals surface area contributed by atoms with Gasteiger partial charge in [-0.25, -0.2) is 4.98 Å². The van der Waals surface area contributed by atoms with E-state index < -0.39 is 0 Å². The van der Waals surface area contributed by atoms with Crippen molar-refractivity contribution in [1.82, 2.24) is 10.3 Å². The number of amides is 1. The maximum absolute atomic E-state index is 11.6. The number of carbonyl (C=O) groups is 1. The van der Waals surface area contributed by atoms with Crippen LogP contribution < -0.4 is 11.1 Å². The van der Waals surface area contributed by atoms with Crippen molar-refractivity contribution >= 4 is 17.2 Å². The number of nitrogens with one attached hydrogen (secondary N) is 1. The molecule has 1 aromatic rings. The second-order valence-electron chi connectivity index (χ2n) is 3.64. The van der Waals surface area contributed by atoms with E-state index in [1.165, 1.54) is 0 Å². The molecule has 90 valence electrons. The molecule has 1 amide bonds. The van der Waals surface area contributed by atoms with E-state index in [-0.39, 0.29) is 11.9 Å². The van der Waals surface area contributed by atoms with E-state index in [0.29, 0.717) is 13.0 Å². The number of nitrogens with zero attached hydrogens (tertiary/aromatic N) is 1. The molecule has 0 saturated carbocycles. The van der Waals surface area contributed by atoms with Crippen molar-refractivity contribution in [3.63, 3.8) is 0 Å². The molecule has 1 heterocycles. The van der Waals surface area contributed by atoms with E-state index >= 15 is 0 Å². The Hall–Kier alpha value is -0.940. The van der Waals surface area contributed by atoms with Crippen LogP contribution in [0.1, 0.15) is 43.7 Å². The van der Waals surface area contributed by atoms with Crippen LogP contribution in [0.2, 0.25) is 0 Å². The molecule has 1 unspecified atom stereocenters. The molecule has 0 aromatic carbocycles. The number of unbranched alkanes of at least 4 members (excludes halogenated alkanes) is 1. The van der Waals surface area contributed by atoms with Gasteiger partial charge in [0.25, 0.3) is 0 Å². The minimum absolute atomic E-state index is 0.0605. The third-order valence-corrected chi connectivity index (χ3v) is 3.24. The summed E-state index contributed by atoms with van der Waals surface area (Å²) >= 11 is 1.58. The zero-order valence-corrected chi connectivity index (χ0v) is 10.4. The minimum Gasteiger partial charge on any atom is -0.347 e. The zero-order valence-electron chi connectivity index (χ0n) is 9.61. The highest BCUT2D eigenvalue weighted by Gasteiger charge is 2.14. The summed E-state index contributed by atoms with van der Waals surface area (Å²) < 4.78 is 0. The van der Waals surface area contributed by atoms with Crippen molar-refractivity contribution in [3.8, 4) is 0 Å². The molecule has 0 fully saturated rings. The Morgan fingerprint density at radius 1 is 1.62 bits per heavy atom. The van der Waals surface area contributed by atoms with Crippen molar-refractivity contribution in [2.24, 2.45) is 5.73 Å². The number of carbonyl (C=O) groups excluding carboxylic acids is 1. The summed E-state index contributed by atoms with van der Waals surface area (Å²) in [5, 5.41) is 5.91. The third kappa shape index (κ3) is 4.28. The molecule has 1 rings (SSSR count). The molecule has 4 nitrogen and oxygen atoms in total. The van der Waals surface area contributed by atoms with Gasteiger partial charge in [0.05, 0.1) is 6.04 Å². The lowest BCUT2D eigenvalue weighted by Crippen LogP contribution is -2.27. The van der Waals surface area contributed by atoms with Crippen LogP contribution in [0.25, 0.3) is 0 Å². The average Bonchev–Trinajstić information content (AvgIpc) is 2.79. The lowest BCUT2D eigenvalue weighted by Gasteiger charge is -2.14. The van der Waals surface area contributed by atoms with Crippen LogP contribution in [-0.2, 0) is 4.79 Å². The van der Waals surface area contributed by atoms with Crippen LogP contribution in [0.15, 0.2) is 11.6 Å². The van der Waals surface area contributed by atoms with Gasteiger partial charge in [-0.15, -0.1) is 11.3 Å². The predicted octanol–water partition coefficient (Wildman–Crippen LogP) is 1.84. The van der Waals surface area contributed by atoms with Gasteiger partial charge in [-0.05, 0) is 25.8 Å². The standard InChI is InChI=1S/C11H19N3OS/c1-2-9(11-13-7-8-16-11)14-10(15)5-3-4-6-12/h7-9H,2-6,12H2,1H3,(H,14,15). The Labute approximate surface area is 100 Å². The van der Waals surface area contributed by atoms with E-state index in [1.54, 1.807) is 17.5 Å². The number of thiazole rings is 1. The number of hydrogen-bond acceptors (Lipinski definition) is 4. The molecule has 0 spiro atoms. The van der Waals surface area contributed by atoms with Crippen molar-refractivity contribution in [2.45, 2.75) is 38.6 Å². The topological polar surface area (TPSA) is 68.0 Å². The summed E-state index contributed by atoms with van der Waals surface area (Å²) in [5.41, 5.74) is 5.38. The van der Waals surface area contributed by atoms with Gasteiger partial charge in [0, 0.05) is 18.0 Å². The molecule has 0 aliphatic rings. The van der Waals surface area contributed by atoms with Crippen LogP contribution in [0.4, 0.5) is 0 Å². The molecule has 16 heavy (non-hydrogen) atoms. The maximum Gasteiger partial charge on any atom is 0.220 e. The van der Waals surface area contributed by atoms with E-state index in [9.17, 15) is 4.79 Å². The molecule has 0 aliphatic carbocycles. The van der Waals surface area contributed by atoms with Crippen LogP contribution in [0, 0.1) is 0 Å². The third-order valence-electron chi connectivity index (χ3n) is 2.35. The molecule has 0 bridgehead atoms. The maximum atomic E-state index is 11.6. The molecular formula is C11H19N3OS. The Bertz CT molecular complexity index is 300. The fourth-order valence-corrected chi connectivity index (χ4v) is 2.21. The number of hydrogen-bond donors (Lipinski definition) is 2. The second kappa shape index (κ2) is 7.35. The Balaban J connectivity index is 2.36. The molecule has 1 atom stereocenters. The number of nitrogens with two attached hydrogens (primary N) is 1. The molecule has 5 heteroatoms. The fraction of sp³-hybridized carbons (Fsp3) is 0.636. The smallest absolute Gasteiger partial charge is 0.220 e. The van der Waals surface area contributed by atoms with Crippen LogP contribution in [0.3, 0.4) is 0 Å². The highest BCUT2D eigenvalue weighted by atomic mass is 32.1. The van der Waals surface area contributed by atoms with E-state index in [4.69, 9.17) is 5.73 Å². The fourth-order valence-electron chi connectivity index (χ4n) is 1.44. The van der Waals surface area contributed by atoms with Gasteiger partial charge >= 0.3 is 0 Å². The monoisotopic (exact) mass is 241 g/mol. The van der Waals surface area contributed by atoms with Crippen molar-refractivity contribution in [1.29, 1.82) is 0 Å². The Morgan fingerprint density at radius 3 is 3.00 bits per heavy atom. The van der Waals surface area contributed by atoms with Gasteiger partial charge in [0.2, 0.25) is 5.91 Å². The van der Waals surface area contributed by atoms with Gasteiger partial charge in [-0.1, -0.05) is 6.92 Å². The summed E-state index contributed by atoms with van der Waals surface area (Å²) in [5.74, 6) is 0.0931. The second-order valence-corrected chi connectivity index (χ2v) is 4.57. The van der Waals surface area contributed by atoms with E-state index in [2.05, 4.69) is 10.3 Å². The highest BCUT2D eigenvalue weighted by molar-refractivity contribution is 7.09. The van der Waals surface area contributed by atoms with Crippen molar-refractivity contribution in [2.75, 3.05) is 6.54 Å². The lowest BCUT2D eigenvalue weighted by atomic mass is 10.2. The van der Waals surface area contributed by atoms with Gasteiger partial charge in [-0.3, -0.25) is 4.79 Å². The summed E-state index contributed by atoms with van der Waals surface area (Å²) in [6.07, 6.45) is 4.95. The summed E-state index contributed by atoms with van der Waals surface area (Å²) in [7, 11) is 0. The van der Waals surface area contributed by atoms with E-state index in [0.717, 1.165) is 24.3 Å². The van der Waals surface area contributed by atoms with Crippen molar-refractivity contribution < 1.29 is 4.79 Å². The molecule has 0 radical (unpaired) electrons. The SMILES string of the molecule is CCC(NC(=O)CCCCN)c1nccs1. The molecular weight excluding hydrogens is 222 g/mol. The quantitative estimate of drug-likeness (QED) is 0.716. The van der Waals surface area contributed by atoms with Crippen LogP contribution in [0.5, 0.6) is 0 Å². The van der Waals surface area contributed by atoms with Crippen LogP contribution in [-0.4, -0.2) is 17.4 Å². The number of rotatable bonds is 7. The first-order valence-electron chi connectivity index (χ1n) is 5.66. The first-order chi connectivity index (χ1) is 7.77. The summed E-state index contributed by atoms with van der Waals surface area (Å²) in [4.78, 5) is 15.8. The normalized spacial score (nSPS) is 12.4. The van der Waals surface area contributed by atoms with Gasteiger partial charge in [0.15, 0.2) is 0 Å². The molecule has 1 aromatic heterocycles. The Kier molecular flexibility index (Phi) is 6.03. The van der Waals surface area contributed by atoms with E-state index in [1.807, 2.05) is 12.3 Å². The summed E-state index contributed by atoms with van der Waals surface area (Å²) in [6.45, 7) is 2.70. The lowest BCUT2D eigenvalue weighted by molar-refractivity contribution is -0.122. The van der Waals surface area contributed by atoms with Crippen molar-refractivity contribution in [3.05, 3.63) is 16.6 Å². The Morgan fingerprint density at radius 2 is 2.44 bits per heavy atom. The first kappa shape index (κ1) is 13.1. The van der Waals surface area contributed by atoms with Gasteiger partial charge in [0.1, 0.15) is 5.01 Å².